The van der Waals surface area contributed by atoms with Crippen LogP contribution in [0.1, 0.15) is 10.5 Å². The molecule has 3 aromatic rings. The fourth-order valence-corrected chi connectivity index (χ4v) is 1.95. The van der Waals surface area contributed by atoms with Gasteiger partial charge in [0, 0.05) is 19.7 Å². The summed E-state index contributed by atoms with van der Waals surface area (Å²) >= 11 is 0. The summed E-state index contributed by atoms with van der Waals surface area (Å²) in [5, 5.41) is 21.3. The highest BCUT2D eigenvalue weighted by molar-refractivity contribution is 5.98. The van der Waals surface area contributed by atoms with Crippen LogP contribution in [0.5, 0.6) is 0 Å². The molecule has 0 fully saturated rings. The quantitative estimate of drug-likeness (QED) is 0.745. The summed E-state index contributed by atoms with van der Waals surface area (Å²) in [7, 11) is 3.31. The molecule has 0 bridgehead atoms. The second-order valence-electron chi connectivity index (χ2n) is 4.61. The minimum absolute atomic E-state index is 0.214. The van der Waals surface area contributed by atoms with Gasteiger partial charge in [0.2, 0.25) is 0 Å². The highest BCUT2D eigenvalue weighted by Crippen LogP contribution is 2.28. The molecule has 1 aromatic carbocycles. The number of nitrogens with one attached hydrogen (secondary N) is 2. The normalized spacial score (nSPS) is 10.6. The van der Waals surface area contributed by atoms with E-state index in [1.807, 2.05) is 30.3 Å². The lowest BCUT2D eigenvalue weighted by molar-refractivity contribution is 0.0822. The third kappa shape index (κ3) is 2.27. The molecule has 0 spiro atoms. The fourth-order valence-electron chi connectivity index (χ4n) is 1.95. The second kappa shape index (κ2) is 5.16. The van der Waals surface area contributed by atoms with E-state index < -0.39 is 0 Å². The number of aromatic nitrogens is 6. The molecule has 0 unspecified atom stereocenters. The van der Waals surface area contributed by atoms with Gasteiger partial charge in [-0.05, 0) is 0 Å². The maximum absolute atomic E-state index is 12.1. The zero-order valence-electron chi connectivity index (χ0n) is 11.5. The molecule has 0 aliphatic heterocycles. The lowest BCUT2D eigenvalue weighted by Gasteiger charge is -2.08. The first-order valence-corrected chi connectivity index (χ1v) is 6.27. The van der Waals surface area contributed by atoms with Gasteiger partial charge in [-0.25, -0.2) is 0 Å². The molecule has 0 atom stereocenters. The predicted octanol–water partition coefficient (Wildman–Crippen LogP) is 0.959. The van der Waals surface area contributed by atoms with E-state index in [1.54, 1.807) is 14.1 Å². The smallest absolute Gasteiger partial charge is 0.276 e. The van der Waals surface area contributed by atoms with Gasteiger partial charge in [-0.1, -0.05) is 30.3 Å². The molecule has 1 amide bonds. The topological polar surface area (TPSA) is 103 Å². The Kier molecular flexibility index (Phi) is 3.19. The van der Waals surface area contributed by atoms with Crippen molar-refractivity contribution >= 4 is 5.91 Å². The summed E-state index contributed by atoms with van der Waals surface area (Å²) in [5.41, 5.74) is 2.58. The molecule has 0 saturated heterocycles. The Balaban J connectivity index is 2.10. The molecule has 2 heterocycles. The molecule has 0 aliphatic carbocycles. The van der Waals surface area contributed by atoms with E-state index in [1.165, 1.54) is 4.90 Å². The highest BCUT2D eigenvalue weighted by Gasteiger charge is 2.24. The summed E-state index contributed by atoms with van der Waals surface area (Å²) in [4.78, 5) is 13.5. The number of benzene rings is 1. The van der Waals surface area contributed by atoms with Crippen LogP contribution in [0.2, 0.25) is 0 Å². The van der Waals surface area contributed by atoms with Crippen LogP contribution in [-0.2, 0) is 0 Å². The number of aromatic amines is 2. The van der Waals surface area contributed by atoms with Gasteiger partial charge in [0.15, 0.2) is 5.69 Å². The Morgan fingerprint density at radius 3 is 2.24 bits per heavy atom. The van der Waals surface area contributed by atoms with Crippen molar-refractivity contribution in [3.8, 4) is 22.6 Å². The van der Waals surface area contributed by atoms with Gasteiger partial charge in [-0.3, -0.25) is 4.79 Å². The van der Waals surface area contributed by atoms with Crippen LogP contribution < -0.4 is 0 Å². The highest BCUT2D eigenvalue weighted by atomic mass is 16.2. The van der Waals surface area contributed by atoms with Gasteiger partial charge in [0.05, 0.1) is 0 Å². The molecular weight excluding hydrogens is 270 g/mol. The Labute approximate surface area is 120 Å². The first-order valence-electron chi connectivity index (χ1n) is 6.27. The Hall–Kier alpha value is -3.03. The van der Waals surface area contributed by atoms with E-state index in [9.17, 15) is 4.79 Å². The average Bonchev–Trinajstić information content (AvgIpc) is 3.15. The maximum Gasteiger partial charge on any atom is 0.276 e. The van der Waals surface area contributed by atoms with Crippen molar-refractivity contribution in [1.29, 1.82) is 0 Å². The van der Waals surface area contributed by atoms with Crippen molar-refractivity contribution in [2.75, 3.05) is 14.1 Å². The summed E-state index contributed by atoms with van der Waals surface area (Å²) < 4.78 is 0. The standard InChI is InChI=1S/C13H13N7O/c1-20(2)13(21)12-11(16-19-17-12)10-9(14-18-15-10)8-6-4-3-5-7-8/h3-7H,1-2H3,(H,14,15,18)(H,16,17,19). The van der Waals surface area contributed by atoms with Crippen LogP contribution in [0, 0.1) is 0 Å². The number of hydrogen-bond donors (Lipinski definition) is 2. The van der Waals surface area contributed by atoms with Crippen molar-refractivity contribution in [2.45, 2.75) is 0 Å². The van der Waals surface area contributed by atoms with E-state index in [-0.39, 0.29) is 11.6 Å². The van der Waals surface area contributed by atoms with Crippen LogP contribution in [0.15, 0.2) is 30.3 Å². The summed E-state index contributed by atoms with van der Waals surface area (Å²) in [6, 6.07) is 9.55. The molecule has 0 saturated carbocycles. The number of H-pyrrole nitrogens is 2. The lowest BCUT2D eigenvalue weighted by Crippen LogP contribution is -2.22. The minimum Gasteiger partial charge on any atom is -0.343 e. The van der Waals surface area contributed by atoms with Gasteiger partial charge in [0.25, 0.3) is 5.91 Å². The van der Waals surface area contributed by atoms with E-state index >= 15 is 0 Å². The number of hydrogen-bond acceptors (Lipinski definition) is 5. The maximum atomic E-state index is 12.1. The van der Waals surface area contributed by atoms with Crippen molar-refractivity contribution in [3.05, 3.63) is 36.0 Å². The minimum atomic E-state index is -0.249. The Morgan fingerprint density at radius 2 is 1.52 bits per heavy atom. The number of amides is 1. The average molecular weight is 283 g/mol. The summed E-state index contributed by atoms with van der Waals surface area (Å²) in [5.74, 6) is -0.249. The third-order valence-electron chi connectivity index (χ3n) is 2.98. The van der Waals surface area contributed by atoms with Gasteiger partial charge in [-0.2, -0.15) is 30.8 Å². The number of carbonyl (C=O) groups excluding carboxylic acids is 1. The SMILES string of the molecule is CN(C)C(=O)c1n[nH]nc1-c1n[nH]nc1-c1ccccc1. The number of rotatable bonds is 3. The predicted molar refractivity (Wildman–Crippen MR) is 75.2 cm³/mol. The van der Waals surface area contributed by atoms with E-state index in [4.69, 9.17) is 0 Å². The molecule has 2 aromatic heterocycles. The van der Waals surface area contributed by atoms with Gasteiger partial charge in [-0.15, -0.1) is 0 Å². The van der Waals surface area contributed by atoms with Crippen LogP contribution in [0.4, 0.5) is 0 Å². The van der Waals surface area contributed by atoms with Crippen LogP contribution in [0.25, 0.3) is 22.6 Å². The Bertz CT molecular complexity index is 760. The molecule has 2 N–H and O–H groups in total. The van der Waals surface area contributed by atoms with Gasteiger partial charge < -0.3 is 4.90 Å². The molecular formula is C13H13N7O. The van der Waals surface area contributed by atoms with Gasteiger partial charge >= 0.3 is 0 Å². The fraction of sp³-hybridized carbons (Fsp3) is 0.154. The van der Waals surface area contributed by atoms with Crippen molar-refractivity contribution in [1.82, 2.24) is 35.7 Å². The molecule has 0 radical (unpaired) electrons. The van der Waals surface area contributed by atoms with E-state index in [0.717, 1.165) is 5.56 Å². The second-order valence-corrected chi connectivity index (χ2v) is 4.61. The van der Waals surface area contributed by atoms with Crippen molar-refractivity contribution < 1.29 is 4.79 Å². The van der Waals surface area contributed by atoms with E-state index in [2.05, 4.69) is 30.8 Å². The number of nitrogens with zero attached hydrogens (tertiary/aromatic N) is 5. The lowest BCUT2D eigenvalue weighted by atomic mass is 10.1. The molecule has 3 rings (SSSR count). The molecule has 106 valence electrons. The van der Waals surface area contributed by atoms with Crippen molar-refractivity contribution in [2.24, 2.45) is 0 Å². The monoisotopic (exact) mass is 283 g/mol. The number of carbonyl (C=O) groups is 1. The molecule has 8 nitrogen and oxygen atoms in total. The van der Waals surface area contributed by atoms with Crippen LogP contribution in [0.3, 0.4) is 0 Å². The molecule has 8 heteroatoms. The zero-order valence-corrected chi connectivity index (χ0v) is 11.5. The largest absolute Gasteiger partial charge is 0.343 e. The van der Waals surface area contributed by atoms with E-state index in [0.29, 0.717) is 17.1 Å². The van der Waals surface area contributed by atoms with Crippen LogP contribution >= 0.6 is 0 Å². The zero-order chi connectivity index (χ0) is 14.8. The Morgan fingerprint density at radius 1 is 0.905 bits per heavy atom. The third-order valence-corrected chi connectivity index (χ3v) is 2.98. The van der Waals surface area contributed by atoms with Gasteiger partial charge in [0.1, 0.15) is 17.1 Å². The first-order chi connectivity index (χ1) is 10.2. The summed E-state index contributed by atoms with van der Waals surface area (Å²) in [6.45, 7) is 0. The van der Waals surface area contributed by atoms with Crippen molar-refractivity contribution in [3.63, 3.8) is 0 Å². The molecule has 21 heavy (non-hydrogen) atoms. The first kappa shape index (κ1) is 13.0. The van der Waals surface area contributed by atoms with Crippen LogP contribution in [-0.4, -0.2) is 55.7 Å². The summed E-state index contributed by atoms with van der Waals surface area (Å²) in [6.07, 6.45) is 0. The molecule has 0 aliphatic rings.